The Morgan fingerprint density at radius 2 is 2.21 bits per heavy atom. The van der Waals surface area contributed by atoms with E-state index in [0.29, 0.717) is 13.0 Å². The summed E-state index contributed by atoms with van der Waals surface area (Å²) in [5.41, 5.74) is 0.988. The number of ether oxygens (including phenoxy) is 1. The second kappa shape index (κ2) is 6.09. The average molecular weight is 279 g/mol. The number of hydrogen-bond acceptors (Lipinski definition) is 4. The molecule has 102 valence electrons. The van der Waals surface area contributed by atoms with Gasteiger partial charge in [0.1, 0.15) is 12.4 Å². The molecule has 19 heavy (non-hydrogen) atoms. The zero-order chi connectivity index (χ0) is 13.7. The molecular weight excluding hydrogens is 262 g/mol. The molecule has 0 spiro atoms. The van der Waals surface area contributed by atoms with Crippen LogP contribution in [0.1, 0.15) is 12.0 Å². The summed E-state index contributed by atoms with van der Waals surface area (Å²) in [5, 5.41) is 3.26. The Labute approximate surface area is 114 Å². The van der Waals surface area contributed by atoms with E-state index in [1.165, 1.54) is 0 Å². The number of terminal acetylenes is 1. The van der Waals surface area contributed by atoms with Crippen molar-refractivity contribution in [2.24, 2.45) is 0 Å². The molecule has 0 radical (unpaired) electrons. The van der Waals surface area contributed by atoms with Gasteiger partial charge >= 0.3 is 0 Å². The normalized spacial score (nSPS) is 20.9. The highest BCUT2D eigenvalue weighted by Gasteiger charge is 2.27. The quantitative estimate of drug-likeness (QED) is 0.816. The van der Waals surface area contributed by atoms with Crippen LogP contribution in [0.4, 0.5) is 0 Å². The molecule has 1 aliphatic rings. The van der Waals surface area contributed by atoms with Crippen LogP contribution >= 0.6 is 0 Å². The highest BCUT2D eigenvalue weighted by Crippen LogP contribution is 2.19. The van der Waals surface area contributed by atoms with Gasteiger partial charge in [-0.05, 0) is 12.5 Å². The Morgan fingerprint density at radius 1 is 1.42 bits per heavy atom. The number of rotatable bonds is 5. The van der Waals surface area contributed by atoms with Crippen molar-refractivity contribution < 1.29 is 13.2 Å². The molecule has 1 aromatic carbocycles. The zero-order valence-corrected chi connectivity index (χ0v) is 11.4. The van der Waals surface area contributed by atoms with Crippen LogP contribution in [-0.2, 0) is 16.4 Å². The predicted molar refractivity (Wildman–Crippen MR) is 74.7 cm³/mol. The van der Waals surface area contributed by atoms with Crippen LogP contribution in [0.5, 0.6) is 5.75 Å². The molecule has 0 amide bonds. The summed E-state index contributed by atoms with van der Waals surface area (Å²) in [7, 11) is -2.84. The third kappa shape index (κ3) is 3.98. The van der Waals surface area contributed by atoms with E-state index in [2.05, 4.69) is 11.2 Å². The van der Waals surface area contributed by atoms with E-state index in [9.17, 15) is 8.42 Å². The van der Waals surface area contributed by atoms with Crippen molar-refractivity contribution in [3.8, 4) is 18.1 Å². The second-order valence-corrected chi connectivity index (χ2v) is 6.81. The summed E-state index contributed by atoms with van der Waals surface area (Å²) in [4.78, 5) is 0. The van der Waals surface area contributed by atoms with Crippen molar-refractivity contribution in [2.45, 2.75) is 19.0 Å². The SMILES string of the molecule is C#CCOc1ccccc1CNC1CCS(=O)(=O)C1. The van der Waals surface area contributed by atoms with Gasteiger partial charge in [0, 0.05) is 18.2 Å². The Balaban J connectivity index is 1.94. The molecule has 2 rings (SSSR count). The lowest BCUT2D eigenvalue weighted by molar-refractivity contribution is 0.364. The summed E-state index contributed by atoms with van der Waals surface area (Å²) in [6, 6.07) is 7.65. The van der Waals surface area contributed by atoms with E-state index in [1.807, 2.05) is 24.3 Å². The van der Waals surface area contributed by atoms with Crippen molar-refractivity contribution in [1.82, 2.24) is 5.32 Å². The minimum atomic E-state index is -2.84. The fourth-order valence-electron chi connectivity index (χ4n) is 2.12. The Kier molecular flexibility index (Phi) is 4.46. The number of hydrogen-bond donors (Lipinski definition) is 1. The highest BCUT2D eigenvalue weighted by molar-refractivity contribution is 7.91. The van der Waals surface area contributed by atoms with Crippen LogP contribution in [0.2, 0.25) is 0 Å². The fraction of sp³-hybridized carbons (Fsp3) is 0.429. The standard InChI is InChI=1S/C14H17NO3S/c1-2-8-18-14-6-4-3-5-12(14)10-15-13-7-9-19(16,17)11-13/h1,3-6,13,15H,7-11H2. The van der Waals surface area contributed by atoms with Gasteiger partial charge in [-0.25, -0.2) is 8.42 Å². The average Bonchev–Trinajstić information content (AvgIpc) is 2.74. The molecule has 1 atom stereocenters. The third-order valence-corrected chi connectivity index (χ3v) is 4.87. The van der Waals surface area contributed by atoms with Crippen molar-refractivity contribution in [2.75, 3.05) is 18.1 Å². The van der Waals surface area contributed by atoms with Gasteiger partial charge in [-0.2, -0.15) is 0 Å². The van der Waals surface area contributed by atoms with E-state index < -0.39 is 9.84 Å². The molecular formula is C14H17NO3S. The van der Waals surface area contributed by atoms with E-state index >= 15 is 0 Å². The molecule has 1 saturated heterocycles. The molecule has 0 aliphatic carbocycles. The largest absolute Gasteiger partial charge is 0.481 e. The number of para-hydroxylation sites is 1. The smallest absolute Gasteiger partial charge is 0.151 e. The van der Waals surface area contributed by atoms with Gasteiger partial charge in [0.05, 0.1) is 11.5 Å². The fourth-order valence-corrected chi connectivity index (χ4v) is 3.83. The molecule has 1 unspecified atom stereocenters. The summed E-state index contributed by atoms with van der Waals surface area (Å²) in [6.45, 7) is 0.815. The van der Waals surface area contributed by atoms with Crippen LogP contribution < -0.4 is 10.1 Å². The highest BCUT2D eigenvalue weighted by atomic mass is 32.2. The van der Waals surface area contributed by atoms with Crippen LogP contribution in [0.3, 0.4) is 0 Å². The number of nitrogens with one attached hydrogen (secondary N) is 1. The first-order valence-electron chi connectivity index (χ1n) is 6.19. The topological polar surface area (TPSA) is 55.4 Å². The Morgan fingerprint density at radius 3 is 2.89 bits per heavy atom. The maximum Gasteiger partial charge on any atom is 0.151 e. The maximum atomic E-state index is 11.4. The molecule has 0 bridgehead atoms. The predicted octanol–water partition coefficient (Wildman–Crippen LogP) is 0.975. The lowest BCUT2D eigenvalue weighted by Gasteiger charge is -2.13. The van der Waals surface area contributed by atoms with Gasteiger partial charge in [0.2, 0.25) is 0 Å². The lowest BCUT2D eigenvalue weighted by atomic mass is 10.2. The molecule has 5 heteroatoms. The number of benzene rings is 1. The molecule has 1 fully saturated rings. The van der Waals surface area contributed by atoms with E-state index in [-0.39, 0.29) is 24.2 Å². The molecule has 1 aliphatic heterocycles. The third-order valence-electron chi connectivity index (χ3n) is 3.10. The van der Waals surface area contributed by atoms with Gasteiger partial charge in [0.25, 0.3) is 0 Å². The summed E-state index contributed by atoms with van der Waals surface area (Å²) in [5.74, 6) is 3.67. The molecule has 4 nitrogen and oxygen atoms in total. The van der Waals surface area contributed by atoms with Crippen LogP contribution in [0.15, 0.2) is 24.3 Å². The maximum absolute atomic E-state index is 11.4. The van der Waals surface area contributed by atoms with Crippen molar-refractivity contribution in [3.05, 3.63) is 29.8 Å². The van der Waals surface area contributed by atoms with Gasteiger partial charge in [-0.1, -0.05) is 24.1 Å². The van der Waals surface area contributed by atoms with Gasteiger partial charge in [-0.3, -0.25) is 0 Å². The molecule has 0 saturated carbocycles. The van der Waals surface area contributed by atoms with Crippen LogP contribution in [0, 0.1) is 12.3 Å². The first-order valence-corrected chi connectivity index (χ1v) is 8.01. The molecule has 1 heterocycles. The molecule has 0 aromatic heterocycles. The Hall–Kier alpha value is -1.51. The summed E-state index contributed by atoms with van der Waals surface area (Å²) in [6.07, 6.45) is 5.85. The lowest BCUT2D eigenvalue weighted by Crippen LogP contribution is -2.29. The van der Waals surface area contributed by atoms with E-state index in [1.54, 1.807) is 0 Å². The van der Waals surface area contributed by atoms with Gasteiger partial charge < -0.3 is 10.1 Å². The van der Waals surface area contributed by atoms with Crippen molar-refractivity contribution >= 4 is 9.84 Å². The number of sulfone groups is 1. The molecule has 1 aromatic rings. The van der Waals surface area contributed by atoms with Crippen molar-refractivity contribution in [3.63, 3.8) is 0 Å². The second-order valence-electron chi connectivity index (χ2n) is 4.58. The molecule has 1 N–H and O–H groups in total. The first kappa shape index (κ1) is 13.9. The zero-order valence-electron chi connectivity index (χ0n) is 10.6. The summed E-state index contributed by atoms with van der Waals surface area (Å²) >= 11 is 0. The monoisotopic (exact) mass is 279 g/mol. The van der Waals surface area contributed by atoms with Crippen molar-refractivity contribution in [1.29, 1.82) is 0 Å². The van der Waals surface area contributed by atoms with Gasteiger partial charge in [-0.15, -0.1) is 6.42 Å². The van der Waals surface area contributed by atoms with E-state index in [0.717, 1.165) is 11.3 Å². The minimum Gasteiger partial charge on any atom is -0.481 e. The van der Waals surface area contributed by atoms with Crippen LogP contribution in [0.25, 0.3) is 0 Å². The van der Waals surface area contributed by atoms with Crippen LogP contribution in [-0.4, -0.2) is 32.6 Å². The van der Waals surface area contributed by atoms with E-state index in [4.69, 9.17) is 11.2 Å². The van der Waals surface area contributed by atoms with Gasteiger partial charge in [0.15, 0.2) is 9.84 Å². The summed E-state index contributed by atoms with van der Waals surface area (Å²) < 4.78 is 28.2. The Bertz CT molecular complexity index is 575. The first-order chi connectivity index (χ1) is 9.11. The minimum absolute atomic E-state index is 0.0330.